The van der Waals surface area contributed by atoms with E-state index in [1.165, 1.54) is 19.2 Å². The normalized spacial score (nSPS) is 11.0. The summed E-state index contributed by atoms with van der Waals surface area (Å²) in [7, 11) is -2.28. The minimum Gasteiger partial charge on any atom is -0.497 e. The molecule has 0 aliphatic heterocycles. The highest BCUT2D eigenvalue weighted by atomic mass is 35.5. The highest BCUT2D eigenvalue weighted by Crippen LogP contribution is 2.24. The molecule has 0 aliphatic rings. The highest BCUT2D eigenvalue weighted by Gasteiger charge is 2.16. The first-order chi connectivity index (χ1) is 12.9. The molecule has 2 N–H and O–H groups in total. The van der Waals surface area contributed by atoms with Crippen LogP contribution >= 0.6 is 22.9 Å². The van der Waals surface area contributed by atoms with Crippen molar-refractivity contribution < 1.29 is 17.9 Å². The van der Waals surface area contributed by atoms with Crippen LogP contribution in [0.2, 0.25) is 4.34 Å². The number of ether oxygens (including phenoxy) is 1. The monoisotopic (exact) mass is 422 g/mol. The van der Waals surface area contributed by atoms with E-state index in [2.05, 4.69) is 10.0 Å². The Morgan fingerprint density at radius 2 is 1.78 bits per heavy atom. The maximum Gasteiger partial charge on any atom is 0.265 e. The second kappa shape index (κ2) is 7.99. The topological polar surface area (TPSA) is 84.5 Å². The number of carbonyl (C=O) groups is 1. The van der Waals surface area contributed by atoms with E-state index >= 15 is 0 Å². The molecule has 1 amide bonds. The molecule has 0 aliphatic carbocycles. The first kappa shape index (κ1) is 19.2. The minimum atomic E-state index is -3.81. The van der Waals surface area contributed by atoms with E-state index in [4.69, 9.17) is 16.3 Å². The first-order valence-corrected chi connectivity index (χ1v) is 10.4. The average Bonchev–Trinajstić information content (AvgIpc) is 3.09. The minimum absolute atomic E-state index is 0.0281. The Morgan fingerprint density at radius 3 is 2.41 bits per heavy atom. The lowest BCUT2D eigenvalue weighted by Gasteiger charge is -2.10. The van der Waals surface area contributed by atoms with Gasteiger partial charge in [0.15, 0.2) is 0 Å². The molecule has 3 aromatic rings. The molecule has 0 spiro atoms. The predicted octanol–water partition coefficient (Wildman–Crippen LogP) is 4.46. The van der Waals surface area contributed by atoms with Crippen LogP contribution in [0, 0.1) is 0 Å². The summed E-state index contributed by atoms with van der Waals surface area (Å²) in [6, 6.07) is 15.7. The van der Waals surface area contributed by atoms with Crippen molar-refractivity contribution in [2.24, 2.45) is 0 Å². The van der Waals surface area contributed by atoms with Gasteiger partial charge in [0.05, 0.1) is 21.2 Å². The molecule has 1 heterocycles. The van der Waals surface area contributed by atoms with E-state index in [9.17, 15) is 13.2 Å². The zero-order chi connectivity index (χ0) is 19.4. The van der Waals surface area contributed by atoms with Crippen molar-refractivity contribution in [3.8, 4) is 5.75 Å². The maximum atomic E-state index is 12.6. The van der Waals surface area contributed by atoms with E-state index < -0.39 is 10.0 Å². The molecular formula is C18H15ClN2O4S2. The van der Waals surface area contributed by atoms with E-state index in [0.29, 0.717) is 26.3 Å². The van der Waals surface area contributed by atoms with E-state index in [1.54, 1.807) is 48.5 Å². The Morgan fingerprint density at radius 1 is 1.04 bits per heavy atom. The summed E-state index contributed by atoms with van der Waals surface area (Å²) in [6.07, 6.45) is 0. The Labute approximate surface area is 165 Å². The van der Waals surface area contributed by atoms with Crippen molar-refractivity contribution in [1.82, 2.24) is 0 Å². The third-order valence-electron chi connectivity index (χ3n) is 3.54. The number of hydrogen-bond acceptors (Lipinski definition) is 5. The van der Waals surface area contributed by atoms with Crippen molar-refractivity contribution in [2.75, 3.05) is 17.1 Å². The second-order valence-corrected chi connectivity index (χ2v) is 8.82. The standard InChI is InChI=1S/C18H15ClN2O4S2/c1-25-14-7-5-12(6-8-14)21-27(23,24)15-4-2-3-13(11-15)20-18(22)16-9-10-17(19)26-16/h2-11,21H,1H3,(H,20,22). The van der Waals surface area contributed by atoms with Crippen LogP contribution in [0.1, 0.15) is 9.67 Å². The molecular weight excluding hydrogens is 408 g/mol. The lowest BCUT2D eigenvalue weighted by Crippen LogP contribution is -2.14. The molecule has 1 aromatic heterocycles. The third-order valence-corrected chi connectivity index (χ3v) is 6.15. The van der Waals surface area contributed by atoms with Crippen molar-refractivity contribution in [3.63, 3.8) is 0 Å². The third kappa shape index (κ3) is 4.79. The molecule has 0 unspecified atom stereocenters. The van der Waals surface area contributed by atoms with Crippen LogP contribution in [0.25, 0.3) is 0 Å². The summed E-state index contributed by atoms with van der Waals surface area (Å²) < 4.78 is 33.2. The number of sulfonamides is 1. The number of nitrogens with one attached hydrogen (secondary N) is 2. The number of carbonyl (C=O) groups excluding carboxylic acids is 1. The molecule has 0 bridgehead atoms. The van der Waals surface area contributed by atoms with Crippen LogP contribution in [0.5, 0.6) is 5.75 Å². The Balaban J connectivity index is 1.77. The smallest absolute Gasteiger partial charge is 0.265 e. The summed E-state index contributed by atoms with van der Waals surface area (Å²) in [5, 5.41) is 2.67. The number of benzene rings is 2. The number of methoxy groups -OCH3 is 1. The molecule has 0 saturated carbocycles. The van der Waals surface area contributed by atoms with Gasteiger partial charge in [-0.15, -0.1) is 11.3 Å². The predicted molar refractivity (Wildman–Crippen MR) is 108 cm³/mol. The molecule has 27 heavy (non-hydrogen) atoms. The van der Waals surface area contributed by atoms with Gasteiger partial charge in [-0.25, -0.2) is 8.42 Å². The summed E-state index contributed by atoms with van der Waals surface area (Å²) in [5.41, 5.74) is 0.764. The summed E-state index contributed by atoms with van der Waals surface area (Å²) in [6.45, 7) is 0. The summed E-state index contributed by atoms with van der Waals surface area (Å²) >= 11 is 6.97. The molecule has 9 heteroatoms. The number of halogens is 1. The summed E-state index contributed by atoms with van der Waals surface area (Å²) in [4.78, 5) is 12.7. The number of rotatable bonds is 6. The quantitative estimate of drug-likeness (QED) is 0.614. The molecule has 0 radical (unpaired) electrons. The molecule has 3 rings (SSSR count). The fourth-order valence-corrected chi connectivity index (χ4v) is 4.29. The van der Waals surface area contributed by atoms with Crippen LogP contribution in [-0.2, 0) is 10.0 Å². The molecule has 140 valence electrons. The molecule has 2 aromatic carbocycles. The van der Waals surface area contributed by atoms with Crippen LogP contribution in [-0.4, -0.2) is 21.4 Å². The highest BCUT2D eigenvalue weighted by molar-refractivity contribution is 7.92. The molecule has 0 atom stereocenters. The van der Waals surface area contributed by atoms with Crippen molar-refractivity contribution in [2.45, 2.75) is 4.90 Å². The van der Waals surface area contributed by atoms with Crippen LogP contribution in [0.3, 0.4) is 0 Å². The van der Waals surface area contributed by atoms with Gasteiger partial charge in [0, 0.05) is 11.4 Å². The summed E-state index contributed by atoms with van der Waals surface area (Å²) in [5.74, 6) is 0.265. The van der Waals surface area contributed by atoms with Gasteiger partial charge in [-0.1, -0.05) is 17.7 Å². The Kier molecular flexibility index (Phi) is 5.69. The van der Waals surface area contributed by atoms with E-state index in [1.807, 2.05) is 0 Å². The van der Waals surface area contributed by atoms with Crippen molar-refractivity contribution in [3.05, 3.63) is 69.9 Å². The second-order valence-electron chi connectivity index (χ2n) is 5.42. The van der Waals surface area contributed by atoms with E-state index in [-0.39, 0.29) is 10.8 Å². The number of hydrogen-bond donors (Lipinski definition) is 2. The lowest BCUT2D eigenvalue weighted by molar-refractivity contribution is 0.103. The maximum absolute atomic E-state index is 12.6. The van der Waals surface area contributed by atoms with Gasteiger partial charge in [-0.3, -0.25) is 9.52 Å². The molecule has 0 saturated heterocycles. The van der Waals surface area contributed by atoms with Gasteiger partial charge in [-0.05, 0) is 54.6 Å². The first-order valence-electron chi connectivity index (χ1n) is 7.71. The largest absolute Gasteiger partial charge is 0.497 e. The van der Waals surface area contributed by atoms with Gasteiger partial charge < -0.3 is 10.1 Å². The van der Waals surface area contributed by atoms with Crippen LogP contribution in [0.15, 0.2) is 65.6 Å². The SMILES string of the molecule is COc1ccc(NS(=O)(=O)c2cccc(NC(=O)c3ccc(Cl)s3)c2)cc1. The van der Waals surface area contributed by atoms with Gasteiger partial charge in [0.1, 0.15) is 5.75 Å². The van der Waals surface area contributed by atoms with Gasteiger partial charge in [0.25, 0.3) is 15.9 Å². The van der Waals surface area contributed by atoms with Gasteiger partial charge in [-0.2, -0.15) is 0 Å². The fraction of sp³-hybridized carbons (Fsp3) is 0.0556. The average molecular weight is 423 g/mol. The molecule has 0 fully saturated rings. The van der Waals surface area contributed by atoms with Gasteiger partial charge in [0.2, 0.25) is 0 Å². The van der Waals surface area contributed by atoms with Crippen LogP contribution < -0.4 is 14.8 Å². The molecule has 6 nitrogen and oxygen atoms in total. The Hall–Kier alpha value is -2.55. The van der Waals surface area contributed by atoms with E-state index in [0.717, 1.165) is 11.3 Å². The zero-order valence-electron chi connectivity index (χ0n) is 14.1. The number of anilines is 2. The zero-order valence-corrected chi connectivity index (χ0v) is 16.5. The van der Waals surface area contributed by atoms with Gasteiger partial charge >= 0.3 is 0 Å². The van der Waals surface area contributed by atoms with Crippen molar-refractivity contribution >= 4 is 50.2 Å². The Bertz CT molecular complexity index is 1060. The van der Waals surface area contributed by atoms with Crippen LogP contribution in [0.4, 0.5) is 11.4 Å². The fourth-order valence-electron chi connectivity index (χ4n) is 2.24. The number of amides is 1. The van der Waals surface area contributed by atoms with Crippen molar-refractivity contribution in [1.29, 1.82) is 0 Å². The number of thiophene rings is 1. The lowest BCUT2D eigenvalue weighted by atomic mass is 10.3.